The lowest BCUT2D eigenvalue weighted by Crippen LogP contribution is -2.10. The number of fused-ring (bicyclic) bond motifs is 2. The minimum atomic E-state index is -4.05. The highest BCUT2D eigenvalue weighted by Crippen LogP contribution is 2.40. The zero-order valence-corrected chi connectivity index (χ0v) is 14.9. The predicted octanol–water partition coefficient (Wildman–Crippen LogP) is 3.75. The third-order valence-electron chi connectivity index (χ3n) is 4.00. The van der Waals surface area contributed by atoms with Crippen molar-refractivity contribution < 1.29 is 22.7 Å². The van der Waals surface area contributed by atoms with E-state index < -0.39 is 21.8 Å². The van der Waals surface area contributed by atoms with Crippen molar-refractivity contribution in [2.45, 2.75) is 9.79 Å². The van der Waals surface area contributed by atoms with Gasteiger partial charge in [-0.15, -0.1) is 0 Å². The van der Waals surface area contributed by atoms with E-state index in [-0.39, 0.29) is 20.9 Å². The van der Waals surface area contributed by atoms with Crippen LogP contribution < -0.4 is 0 Å². The quantitative estimate of drug-likeness (QED) is 0.469. The van der Waals surface area contributed by atoms with E-state index in [1.807, 2.05) is 0 Å². The molecular weight excluding hydrogens is 408 g/mol. The SMILES string of the molecule is O=C1OC(=O)c2c1cc1cccc(Br)c1c2S(=O)(=O)c1ccccc1. The molecule has 0 atom stereocenters. The Kier molecular flexibility index (Phi) is 3.52. The van der Waals surface area contributed by atoms with E-state index in [1.54, 1.807) is 36.4 Å². The van der Waals surface area contributed by atoms with Crippen LogP contribution in [0.4, 0.5) is 0 Å². The summed E-state index contributed by atoms with van der Waals surface area (Å²) in [4.78, 5) is 24.0. The lowest BCUT2D eigenvalue weighted by atomic mass is 10.0. The number of benzene rings is 3. The van der Waals surface area contributed by atoms with Gasteiger partial charge in [-0.2, -0.15) is 0 Å². The molecule has 0 amide bonds. The molecule has 0 spiro atoms. The van der Waals surface area contributed by atoms with Crippen molar-refractivity contribution in [1.29, 1.82) is 0 Å². The van der Waals surface area contributed by atoms with E-state index in [4.69, 9.17) is 0 Å². The van der Waals surface area contributed by atoms with Crippen molar-refractivity contribution in [3.63, 3.8) is 0 Å². The maximum Gasteiger partial charge on any atom is 0.348 e. The van der Waals surface area contributed by atoms with Gasteiger partial charge in [-0.05, 0) is 29.7 Å². The van der Waals surface area contributed by atoms with Crippen LogP contribution in [0.5, 0.6) is 0 Å². The van der Waals surface area contributed by atoms with Gasteiger partial charge in [0.25, 0.3) is 0 Å². The molecule has 1 aliphatic heterocycles. The average molecular weight is 417 g/mol. The summed E-state index contributed by atoms with van der Waals surface area (Å²) in [6.45, 7) is 0. The van der Waals surface area contributed by atoms with E-state index >= 15 is 0 Å². The van der Waals surface area contributed by atoms with Gasteiger partial charge in [0.1, 0.15) is 0 Å². The van der Waals surface area contributed by atoms with Gasteiger partial charge in [-0.25, -0.2) is 18.0 Å². The Balaban J connectivity index is 2.22. The van der Waals surface area contributed by atoms with Crippen LogP contribution in [0.3, 0.4) is 0 Å². The molecule has 3 aromatic carbocycles. The van der Waals surface area contributed by atoms with Crippen molar-refractivity contribution >= 4 is 48.5 Å². The molecular formula is C18H9BrO5S. The monoisotopic (exact) mass is 416 g/mol. The smallest absolute Gasteiger partial charge is 0.348 e. The molecule has 0 N–H and O–H groups in total. The summed E-state index contributed by atoms with van der Waals surface area (Å²) >= 11 is 3.35. The van der Waals surface area contributed by atoms with Crippen LogP contribution in [0.2, 0.25) is 0 Å². The van der Waals surface area contributed by atoms with Gasteiger partial charge < -0.3 is 4.74 Å². The summed E-state index contributed by atoms with van der Waals surface area (Å²) in [5.74, 6) is -1.79. The van der Waals surface area contributed by atoms with Crippen molar-refractivity contribution in [3.8, 4) is 0 Å². The molecule has 1 aliphatic rings. The van der Waals surface area contributed by atoms with Gasteiger partial charge in [0.2, 0.25) is 9.84 Å². The van der Waals surface area contributed by atoms with Crippen LogP contribution in [0.1, 0.15) is 20.7 Å². The molecule has 0 aromatic heterocycles. The largest absolute Gasteiger partial charge is 0.386 e. The first kappa shape index (κ1) is 16.0. The topological polar surface area (TPSA) is 77.5 Å². The summed E-state index contributed by atoms with van der Waals surface area (Å²) in [5, 5.41) is 0.867. The highest BCUT2D eigenvalue weighted by atomic mass is 79.9. The highest BCUT2D eigenvalue weighted by Gasteiger charge is 2.39. The molecule has 1 heterocycles. The average Bonchev–Trinajstić information content (AvgIpc) is 2.88. The maximum atomic E-state index is 13.3. The van der Waals surface area contributed by atoms with Crippen LogP contribution in [0.25, 0.3) is 10.8 Å². The second kappa shape index (κ2) is 5.50. The maximum absolute atomic E-state index is 13.3. The summed E-state index contributed by atoms with van der Waals surface area (Å²) in [7, 11) is -4.05. The highest BCUT2D eigenvalue weighted by molar-refractivity contribution is 9.10. The third-order valence-corrected chi connectivity index (χ3v) is 6.50. The number of hydrogen-bond acceptors (Lipinski definition) is 5. The van der Waals surface area contributed by atoms with E-state index in [0.29, 0.717) is 15.2 Å². The zero-order valence-electron chi connectivity index (χ0n) is 12.5. The standard InChI is InChI=1S/C18H9BrO5S/c19-13-8-4-5-10-9-12-15(18(21)24-17(12)20)16(14(10)13)25(22,23)11-6-2-1-3-7-11/h1-9H. The molecule has 5 nitrogen and oxygen atoms in total. The van der Waals surface area contributed by atoms with Gasteiger partial charge in [0, 0.05) is 9.86 Å². The molecule has 0 saturated heterocycles. The Hall–Kier alpha value is -2.51. The summed E-state index contributed by atoms with van der Waals surface area (Å²) in [6, 6.07) is 14.3. The number of esters is 2. The Labute approximate surface area is 151 Å². The molecule has 3 aromatic rings. The van der Waals surface area contributed by atoms with E-state index in [9.17, 15) is 18.0 Å². The first-order valence-corrected chi connectivity index (χ1v) is 9.51. The fourth-order valence-corrected chi connectivity index (χ4v) is 5.34. The third kappa shape index (κ3) is 2.31. The number of carbonyl (C=O) groups is 2. The summed E-state index contributed by atoms with van der Waals surface area (Å²) in [5.41, 5.74) is -0.252. The van der Waals surface area contributed by atoms with Crippen molar-refractivity contribution in [2.24, 2.45) is 0 Å². The van der Waals surface area contributed by atoms with Crippen LogP contribution in [-0.4, -0.2) is 20.4 Å². The lowest BCUT2D eigenvalue weighted by molar-refractivity contribution is 0.0442. The number of carbonyl (C=O) groups excluding carboxylic acids is 2. The van der Waals surface area contributed by atoms with Gasteiger partial charge in [0.05, 0.1) is 20.9 Å². The van der Waals surface area contributed by atoms with Crippen LogP contribution in [0, 0.1) is 0 Å². The van der Waals surface area contributed by atoms with E-state index in [1.165, 1.54) is 18.2 Å². The molecule has 25 heavy (non-hydrogen) atoms. The molecule has 0 aliphatic carbocycles. The van der Waals surface area contributed by atoms with Crippen LogP contribution in [0.15, 0.2) is 68.9 Å². The second-order valence-corrected chi connectivity index (χ2v) is 8.20. The normalized spacial score (nSPS) is 13.8. The lowest BCUT2D eigenvalue weighted by Gasteiger charge is -2.12. The first-order chi connectivity index (χ1) is 11.9. The van der Waals surface area contributed by atoms with Crippen molar-refractivity contribution in [2.75, 3.05) is 0 Å². The fraction of sp³-hybridized carbons (Fsp3) is 0. The summed E-state index contributed by atoms with van der Waals surface area (Å²) < 4.78 is 31.7. The van der Waals surface area contributed by atoms with Gasteiger partial charge in [-0.1, -0.05) is 46.3 Å². The minimum absolute atomic E-state index is 0.0348. The minimum Gasteiger partial charge on any atom is -0.386 e. The summed E-state index contributed by atoms with van der Waals surface area (Å²) in [6.07, 6.45) is 0. The van der Waals surface area contributed by atoms with E-state index in [2.05, 4.69) is 20.7 Å². The number of ether oxygens (including phenoxy) is 1. The Morgan fingerprint density at radius 1 is 0.880 bits per heavy atom. The Morgan fingerprint density at radius 2 is 1.60 bits per heavy atom. The van der Waals surface area contributed by atoms with Gasteiger partial charge >= 0.3 is 11.9 Å². The molecule has 0 bridgehead atoms. The Bertz CT molecular complexity index is 1170. The fourth-order valence-electron chi connectivity index (χ4n) is 2.92. The van der Waals surface area contributed by atoms with Gasteiger partial charge in [0.15, 0.2) is 0 Å². The van der Waals surface area contributed by atoms with E-state index in [0.717, 1.165) is 0 Å². The molecule has 4 rings (SSSR count). The molecule has 0 unspecified atom stereocenters. The number of cyclic esters (lactones) is 2. The predicted molar refractivity (Wildman–Crippen MR) is 93.3 cm³/mol. The zero-order chi connectivity index (χ0) is 17.8. The number of hydrogen-bond donors (Lipinski definition) is 0. The number of halogens is 1. The molecule has 124 valence electrons. The first-order valence-electron chi connectivity index (χ1n) is 7.23. The number of rotatable bonds is 2. The van der Waals surface area contributed by atoms with Gasteiger partial charge in [-0.3, -0.25) is 0 Å². The Morgan fingerprint density at radius 3 is 2.32 bits per heavy atom. The van der Waals surface area contributed by atoms with Crippen LogP contribution >= 0.6 is 15.9 Å². The molecule has 0 fully saturated rings. The molecule has 0 saturated carbocycles. The van der Waals surface area contributed by atoms with Crippen molar-refractivity contribution in [1.82, 2.24) is 0 Å². The number of sulfone groups is 1. The van der Waals surface area contributed by atoms with Crippen LogP contribution in [-0.2, 0) is 14.6 Å². The molecule has 7 heteroatoms. The second-order valence-electron chi connectivity index (χ2n) is 5.46. The molecule has 0 radical (unpaired) electrons. The van der Waals surface area contributed by atoms with Crippen molar-refractivity contribution in [3.05, 3.63) is 70.2 Å².